The van der Waals surface area contributed by atoms with Gasteiger partial charge in [-0.2, -0.15) is 0 Å². The summed E-state index contributed by atoms with van der Waals surface area (Å²) in [6.45, 7) is 1.90. The molecule has 0 N–H and O–H groups in total. The number of hydrogen-bond acceptors (Lipinski definition) is 7. The number of aryl methyl sites for hydroxylation is 1. The Hall–Kier alpha value is -4.07. The number of nitrogens with zero attached hydrogens (tertiary/aromatic N) is 2. The van der Waals surface area contributed by atoms with Crippen LogP contribution < -0.4 is 4.74 Å². The molecule has 2 amide bonds. The zero-order chi connectivity index (χ0) is 21.4. The molecule has 31 heavy (non-hydrogen) atoms. The molecule has 0 unspecified atom stereocenters. The van der Waals surface area contributed by atoms with Gasteiger partial charge in [-0.15, -0.1) is 0 Å². The Balaban J connectivity index is 1.30. The summed E-state index contributed by atoms with van der Waals surface area (Å²) in [5.41, 5.74) is 2.21. The number of oxazole rings is 1. The molecule has 1 fully saturated rings. The Morgan fingerprint density at radius 1 is 1.06 bits per heavy atom. The Morgan fingerprint density at radius 2 is 1.90 bits per heavy atom. The molecule has 5 rings (SSSR count). The lowest BCUT2D eigenvalue weighted by molar-refractivity contribution is -0.126. The molecule has 0 atom stereocenters. The molecule has 156 valence electrons. The number of ether oxygens (including phenoxy) is 2. The third-order valence-electron chi connectivity index (χ3n) is 4.99. The number of aromatic nitrogens is 1. The number of carbonyl (C=O) groups excluding carboxylic acids is 2. The van der Waals surface area contributed by atoms with Gasteiger partial charge >= 0.3 is 6.09 Å². The first kappa shape index (κ1) is 18.9. The maximum Gasteiger partial charge on any atom is 0.417 e. The molecule has 1 aliphatic heterocycles. The van der Waals surface area contributed by atoms with E-state index < -0.39 is 6.09 Å². The Morgan fingerprint density at radius 3 is 2.68 bits per heavy atom. The molecule has 2 aromatic heterocycles. The first-order valence-electron chi connectivity index (χ1n) is 9.71. The highest BCUT2D eigenvalue weighted by Gasteiger charge is 2.31. The van der Waals surface area contributed by atoms with E-state index >= 15 is 0 Å². The number of hydrogen-bond donors (Lipinski definition) is 0. The van der Waals surface area contributed by atoms with Crippen LogP contribution in [0.5, 0.6) is 5.75 Å². The second-order valence-corrected chi connectivity index (χ2v) is 7.12. The molecule has 1 saturated heterocycles. The average Bonchev–Trinajstić information content (AvgIpc) is 3.45. The summed E-state index contributed by atoms with van der Waals surface area (Å²) in [6.07, 6.45) is -0.660. The van der Waals surface area contributed by atoms with E-state index in [1.165, 1.54) is 0 Å². The monoisotopic (exact) mass is 418 g/mol. The zero-order valence-electron chi connectivity index (χ0n) is 16.7. The number of rotatable bonds is 6. The van der Waals surface area contributed by atoms with Crippen molar-refractivity contribution in [2.45, 2.75) is 20.1 Å². The topological polar surface area (TPSA) is 95.0 Å². The van der Waals surface area contributed by atoms with Crippen LogP contribution in [-0.4, -0.2) is 28.5 Å². The van der Waals surface area contributed by atoms with Gasteiger partial charge in [-0.1, -0.05) is 18.2 Å². The third-order valence-corrected chi connectivity index (χ3v) is 4.99. The molecule has 0 bridgehead atoms. The van der Waals surface area contributed by atoms with Gasteiger partial charge in [0.25, 0.3) is 5.91 Å². The number of fused-ring (bicyclic) bond motifs is 1. The molecule has 3 heterocycles. The normalized spacial score (nSPS) is 13.8. The van der Waals surface area contributed by atoms with Crippen molar-refractivity contribution in [3.63, 3.8) is 0 Å². The molecular formula is C23H18N2O6. The van der Waals surface area contributed by atoms with E-state index in [4.69, 9.17) is 18.3 Å². The molecule has 0 spiro atoms. The van der Waals surface area contributed by atoms with Crippen LogP contribution in [0.3, 0.4) is 0 Å². The van der Waals surface area contributed by atoms with Gasteiger partial charge in [0.05, 0.1) is 6.54 Å². The quantitative estimate of drug-likeness (QED) is 0.456. The summed E-state index contributed by atoms with van der Waals surface area (Å²) in [7, 11) is 0. The predicted octanol–water partition coefficient (Wildman–Crippen LogP) is 4.45. The number of imide groups is 1. The van der Waals surface area contributed by atoms with E-state index in [2.05, 4.69) is 4.98 Å². The fraction of sp³-hybridized carbons (Fsp3) is 0.174. The van der Waals surface area contributed by atoms with E-state index in [0.717, 1.165) is 15.8 Å². The maximum absolute atomic E-state index is 11.7. The number of carbonyl (C=O) groups is 2. The summed E-state index contributed by atoms with van der Waals surface area (Å²) < 4.78 is 22.2. The molecule has 4 aromatic rings. The van der Waals surface area contributed by atoms with Gasteiger partial charge in [0, 0.05) is 17.0 Å². The van der Waals surface area contributed by atoms with Gasteiger partial charge < -0.3 is 18.3 Å². The molecule has 0 aliphatic carbocycles. The van der Waals surface area contributed by atoms with Crippen LogP contribution in [0.4, 0.5) is 4.79 Å². The lowest BCUT2D eigenvalue weighted by atomic mass is 10.2. The minimum absolute atomic E-state index is 0.0307. The number of benzene rings is 2. The third kappa shape index (κ3) is 3.75. The van der Waals surface area contributed by atoms with Gasteiger partial charge in [-0.05, 0) is 37.3 Å². The second kappa shape index (κ2) is 7.64. The van der Waals surface area contributed by atoms with Crippen LogP contribution in [0.1, 0.15) is 17.2 Å². The van der Waals surface area contributed by atoms with E-state index in [9.17, 15) is 9.59 Å². The molecule has 0 radical (unpaired) electrons. The summed E-state index contributed by atoms with van der Waals surface area (Å²) in [5.74, 6) is 1.96. The highest BCUT2D eigenvalue weighted by atomic mass is 16.6. The minimum atomic E-state index is -0.660. The first-order valence-corrected chi connectivity index (χ1v) is 9.71. The fourth-order valence-electron chi connectivity index (χ4n) is 3.34. The standard InChI is InChI=1S/C23H18N2O6/c1-14-19(24-22(30-14)15-5-3-2-4-6-15)12-28-17-8-7-16-9-18(31-20(16)10-17)11-25-21(26)13-29-23(25)27/h2-10H,11-13H2,1H3. The van der Waals surface area contributed by atoms with Crippen molar-refractivity contribution in [1.82, 2.24) is 9.88 Å². The van der Waals surface area contributed by atoms with Crippen molar-refractivity contribution >= 4 is 23.0 Å². The van der Waals surface area contributed by atoms with Gasteiger partial charge in [0.1, 0.15) is 35.2 Å². The Labute approximate surface area is 177 Å². The Kier molecular flexibility index (Phi) is 4.66. The summed E-state index contributed by atoms with van der Waals surface area (Å²) >= 11 is 0. The number of cyclic esters (lactones) is 1. The Bertz CT molecular complexity index is 1260. The highest BCUT2D eigenvalue weighted by molar-refractivity contribution is 5.97. The SMILES string of the molecule is Cc1oc(-c2ccccc2)nc1COc1ccc2cc(CN3C(=O)COC3=O)oc2c1. The maximum atomic E-state index is 11.7. The molecule has 0 saturated carbocycles. The van der Waals surface area contributed by atoms with Crippen molar-refractivity contribution < 1.29 is 27.9 Å². The van der Waals surface area contributed by atoms with Gasteiger partial charge in [0.2, 0.25) is 5.89 Å². The molecule has 1 aliphatic rings. The fourth-order valence-corrected chi connectivity index (χ4v) is 3.34. The molecule has 8 nitrogen and oxygen atoms in total. The summed E-state index contributed by atoms with van der Waals surface area (Å²) in [6, 6.07) is 16.9. The van der Waals surface area contributed by atoms with E-state index in [1.807, 2.05) is 49.4 Å². The smallest absolute Gasteiger partial charge is 0.417 e. The van der Waals surface area contributed by atoms with Gasteiger partial charge in [0.15, 0.2) is 6.61 Å². The zero-order valence-corrected chi connectivity index (χ0v) is 16.7. The van der Waals surface area contributed by atoms with Crippen molar-refractivity contribution in [1.29, 1.82) is 0 Å². The van der Waals surface area contributed by atoms with Crippen molar-refractivity contribution in [2.24, 2.45) is 0 Å². The first-order chi connectivity index (χ1) is 15.1. The van der Waals surface area contributed by atoms with Crippen LogP contribution in [0.2, 0.25) is 0 Å². The highest BCUT2D eigenvalue weighted by Crippen LogP contribution is 2.27. The van der Waals surface area contributed by atoms with E-state index in [0.29, 0.717) is 34.4 Å². The molecule has 2 aromatic carbocycles. The van der Waals surface area contributed by atoms with Crippen LogP contribution in [0.15, 0.2) is 63.4 Å². The predicted molar refractivity (Wildman–Crippen MR) is 109 cm³/mol. The van der Waals surface area contributed by atoms with Crippen LogP contribution in [0, 0.1) is 6.92 Å². The summed E-state index contributed by atoms with van der Waals surface area (Å²) in [5, 5.41) is 0.839. The van der Waals surface area contributed by atoms with Gasteiger partial charge in [-0.25, -0.2) is 14.7 Å². The number of amides is 2. The van der Waals surface area contributed by atoms with E-state index in [-0.39, 0.29) is 25.7 Å². The van der Waals surface area contributed by atoms with Crippen molar-refractivity contribution in [2.75, 3.05) is 6.61 Å². The lowest BCUT2D eigenvalue weighted by Gasteiger charge is -2.07. The van der Waals surface area contributed by atoms with Crippen molar-refractivity contribution in [3.8, 4) is 17.2 Å². The molecule has 8 heteroatoms. The minimum Gasteiger partial charge on any atom is -0.487 e. The van der Waals surface area contributed by atoms with Gasteiger partial charge in [-0.3, -0.25) is 4.79 Å². The van der Waals surface area contributed by atoms with Crippen molar-refractivity contribution in [3.05, 3.63) is 71.8 Å². The van der Waals surface area contributed by atoms with Crippen LogP contribution in [0.25, 0.3) is 22.4 Å². The molecular weight excluding hydrogens is 400 g/mol. The second-order valence-electron chi connectivity index (χ2n) is 7.12. The summed E-state index contributed by atoms with van der Waals surface area (Å²) in [4.78, 5) is 28.9. The average molecular weight is 418 g/mol. The lowest BCUT2D eigenvalue weighted by Crippen LogP contribution is -2.28. The van der Waals surface area contributed by atoms with Crippen LogP contribution in [-0.2, 0) is 22.7 Å². The van der Waals surface area contributed by atoms with E-state index in [1.54, 1.807) is 12.1 Å². The largest absolute Gasteiger partial charge is 0.487 e. The number of furan rings is 1. The van der Waals surface area contributed by atoms with Crippen LogP contribution >= 0.6 is 0 Å².